The number of allylic oxidation sites excluding steroid dienone is 6. The molecule has 0 aliphatic heterocycles. The molecule has 4 rings (SSSR count). The van der Waals surface area contributed by atoms with Crippen LogP contribution in [0.3, 0.4) is 0 Å². The van der Waals surface area contributed by atoms with Gasteiger partial charge in [-0.1, -0.05) is 89.4 Å². The number of hydrogen-bond donors (Lipinski definition) is 0. The Labute approximate surface area is 189 Å². The van der Waals surface area contributed by atoms with E-state index < -0.39 is 0 Å². The molecule has 0 N–H and O–H groups in total. The molecule has 2 aromatic rings. The van der Waals surface area contributed by atoms with Crippen molar-refractivity contribution in [1.29, 1.82) is 0 Å². The Morgan fingerprint density at radius 1 is 0.968 bits per heavy atom. The van der Waals surface area contributed by atoms with Crippen LogP contribution in [0.1, 0.15) is 81.2 Å². The normalized spacial score (nSPS) is 17.4. The molecule has 0 heteroatoms. The van der Waals surface area contributed by atoms with Crippen molar-refractivity contribution >= 4 is 22.3 Å². The van der Waals surface area contributed by atoms with Gasteiger partial charge in [0, 0.05) is 0 Å². The summed E-state index contributed by atoms with van der Waals surface area (Å²) in [4.78, 5) is 0. The van der Waals surface area contributed by atoms with Gasteiger partial charge in [-0.25, -0.2) is 0 Å². The van der Waals surface area contributed by atoms with Crippen molar-refractivity contribution in [2.24, 2.45) is 11.3 Å². The number of fused-ring (bicyclic) bond motifs is 1. The molecule has 2 aliphatic rings. The zero-order chi connectivity index (χ0) is 22.2. The summed E-state index contributed by atoms with van der Waals surface area (Å²) >= 11 is 0. The van der Waals surface area contributed by atoms with Gasteiger partial charge < -0.3 is 0 Å². The second-order valence-corrected chi connectivity index (χ2v) is 9.83. The van der Waals surface area contributed by atoms with Crippen LogP contribution in [0.2, 0.25) is 0 Å². The van der Waals surface area contributed by atoms with E-state index in [0.29, 0.717) is 11.3 Å². The monoisotopic (exact) mass is 408 g/mol. The first-order chi connectivity index (χ1) is 14.9. The largest absolute Gasteiger partial charge is 0.0952 e. The first-order valence-corrected chi connectivity index (χ1v) is 11.9. The number of rotatable bonds is 6. The predicted molar refractivity (Wildman–Crippen MR) is 138 cm³/mol. The van der Waals surface area contributed by atoms with Crippen molar-refractivity contribution in [3.05, 3.63) is 95.6 Å². The summed E-state index contributed by atoms with van der Waals surface area (Å²) in [5, 5.41) is 0. The lowest BCUT2D eigenvalue weighted by Gasteiger charge is -2.38. The molecule has 0 saturated carbocycles. The number of hydrogen-bond acceptors (Lipinski definition) is 0. The third-order valence-corrected chi connectivity index (χ3v) is 7.67. The first-order valence-electron chi connectivity index (χ1n) is 11.9. The minimum Gasteiger partial charge on any atom is -0.0952 e. The van der Waals surface area contributed by atoms with Crippen molar-refractivity contribution in [1.82, 2.24) is 0 Å². The molecule has 0 aromatic heterocycles. The van der Waals surface area contributed by atoms with E-state index in [0.717, 1.165) is 12.8 Å². The lowest BCUT2D eigenvalue weighted by molar-refractivity contribution is 0.261. The smallest absolute Gasteiger partial charge is 0.00821 e. The van der Waals surface area contributed by atoms with Crippen LogP contribution in [0.5, 0.6) is 0 Å². The van der Waals surface area contributed by atoms with E-state index in [-0.39, 0.29) is 0 Å². The van der Waals surface area contributed by atoms with Crippen molar-refractivity contribution in [3.8, 4) is 0 Å². The van der Waals surface area contributed by atoms with Gasteiger partial charge in [-0.3, -0.25) is 0 Å². The fraction of sp³-hybridized carbons (Fsp3) is 0.355. The van der Waals surface area contributed by atoms with Gasteiger partial charge in [0.1, 0.15) is 0 Å². The Balaban J connectivity index is 1.56. The summed E-state index contributed by atoms with van der Waals surface area (Å²) in [6.07, 6.45) is 10.5. The molecule has 0 spiro atoms. The summed E-state index contributed by atoms with van der Waals surface area (Å²) in [5.41, 5.74) is 12.4. The summed E-state index contributed by atoms with van der Waals surface area (Å²) in [6.45, 7) is 17.8. The maximum atomic E-state index is 4.47. The second-order valence-electron chi connectivity index (χ2n) is 9.83. The molecule has 0 saturated heterocycles. The highest BCUT2D eigenvalue weighted by Gasteiger charge is 2.33. The third-order valence-electron chi connectivity index (χ3n) is 7.67. The van der Waals surface area contributed by atoms with Crippen molar-refractivity contribution < 1.29 is 0 Å². The van der Waals surface area contributed by atoms with E-state index in [1.54, 1.807) is 0 Å². The maximum Gasteiger partial charge on any atom is -0.00821 e. The summed E-state index contributed by atoms with van der Waals surface area (Å²) in [5.74, 6) is 0.474. The lowest BCUT2D eigenvalue weighted by Crippen LogP contribution is -2.26. The van der Waals surface area contributed by atoms with Gasteiger partial charge in [0.05, 0.1) is 0 Å². The van der Waals surface area contributed by atoms with Crippen LogP contribution in [0.25, 0.3) is 22.3 Å². The van der Waals surface area contributed by atoms with E-state index in [1.165, 1.54) is 69.4 Å². The molecule has 0 amide bonds. The fourth-order valence-corrected chi connectivity index (χ4v) is 5.16. The maximum absolute atomic E-state index is 4.47. The molecule has 0 heterocycles. The van der Waals surface area contributed by atoms with Gasteiger partial charge in [-0.05, 0) is 99.6 Å². The standard InChI is InChI=1S/C31H36/c1-7-31(8-2)19-22(5)30-18-28(15-16-29(30)20-31)27-14-13-26(17-27)25-11-9-24(10-12-25)23(6)21(3)4/h9-13,15-18,21H,5-8,14,19-20H2,1-4H3. The highest BCUT2D eigenvalue weighted by atomic mass is 14.4. The predicted octanol–water partition coefficient (Wildman–Crippen LogP) is 8.99. The highest BCUT2D eigenvalue weighted by molar-refractivity contribution is 5.90. The van der Waals surface area contributed by atoms with Crippen molar-refractivity contribution in [2.45, 2.75) is 59.8 Å². The van der Waals surface area contributed by atoms with E-state index >= 15 is 0 Å². The Hall–Kier alpha value is -2.60. The minimum atomic E-state index is 0.403. The van der Waals surface area contributed by atoms with Gasteiger partial charge in [0.2, 0.25) is 0 Å². The van der Waals surface area contributed by atoms with Gasteiger partial charge in [0.25, 0.3) is 0 Å². The van der Waals surface area contributed by atoms with Crippen LogP contribution >= 0.6 is 0 Å². The van der Waals surface area contributed by atoms with Gasteiger partial charge in [0.15, 0.2) is 0 Å². The molecular weight excluding hydrogens is 372 g/mol. The van der Waals surface area contributed by atoms with E-state index in [1.807, 2.05) is 0 Å². The summed E-state index contributed by atoms with van der Waals surface area (Å²) < 4.78 is 0. The third kappa shape index (κ3) is 4.13. The number of benzene rings is 2. The molecule has 0 unspecified atom stereocenters. The van der Waals surface area contributed by atoms with E-state index in [9.17, 15) is 0 Å². The average Bonchev–Trinajstić information content (AvgIpc) is 3.28. The van der Waals surface area contributed by atoms with Crippen LogP contribution in [-0.4, -0.2) is 0 Å². The molecule has 0 radical (unpaired) electrons. The highest BCUT2D eigenvalue weighted by Crippen LogP contribution is 2.46. The van der Waals surface area contributed by atoms with Crippen molar-refractivity contribution in [3.63, 3.8) is 0 Å². The quantitative estimate of drug-likeness (QED) is 0.447. The Bertz CT molecular complexity index is 1070. The topological polar surface area (TPSA) is 0 Å². The molecule has 2 aliphatic carbocycles. The first kappa shape index (κ1) is 21.6. The molecule has 0 fully saturated rings. The Morgan fingerprint density at radius 3 is 2.29 bits per heavy atom. The lowest BCUT2D eigenvalue weighted by atomic mass is 9.66. The van der Waals surface area contributed by atoms with Crippen LogP contribution in [0.4, 0.5) is 0 Å². The van der Waals surface area contributed by atoms with Crippen LogP contribution in [0.15, 0.2) is 67.8 Å². The average molecular weight is 409 g/mol. The zero-order valence-corrected chi connectivity index (χ0v) is 19.7. The van der Waals surface area contributed by atoms with Gasteiger partial charge in [-0.2, -0.15) is 0 Å². The molecule has 31 heavy (non-hydrogen) atoms. The molecular formula is C31H36. The summed E-state index contributed by atoms with van der Waals surface area (Å²) in [6, 6.07) is 16.0. The molecule has 2 aromatic carbocycles. The molecule has 0 bridgehead atoms. The van der Waals surface area contributed by atoms with E-state index in [4.69, 9.17) is 0 Å². The molecule has 0 nitrogen and oxygen atoms in total. The Kier molecular flexibility index (Phi) is 5.93. The fourth-order valence-electron chi connectivity index (χ4n) is 5.16. The molecule has 0 atom stereocenters. The SMILES string of the molecule is C=C1CC(CC)(CC)Cc2ccc(C3=CC(c4ccc(C(=C)C(C)C)cc4)=CC3)cc21. The van der Waals surface area contributed by atoms with Crippen LogP contribution in [-0.2, 0) is 6.42 Å². The van der Waals surface area contributed by atoms with Gasteiger partial charge in [-0.15, -0.1) is 0 Å². The zero-order valence-electron chi connectivity index (χ0n) is 19.7. The molecule has 160 valence electrons. The second kappa shape index (κ2) is 8.50. The van der Waals surface area contributed by atoms with Crippen LogP contribution in [0, 0.1) is 11.3 Å². The van der Waals surface area contributed by atoms with E-state index in [2.05, 4.69) is 95.5 Å². The van der Waals surface area contributed by atoms with Crippen LogP contribution < -0.4 is 0 Å². The Morgan fingerprint density at radius 2 is 1.65 bits per heavy atom. The summed E-state index contributed by atoms with van der Waals surface area (Å²) in [7, 11) is 0. The minimum absolute atomic E-state index is 0.403. The van der Waals surface area contributed by atoms with Gasteiger partial charge >= 0.3 is 0 Å². The van der Waals surface area contributed by atoms with Crippen molar-refractivity contribution in [2.75, 3.05) is 0 Å².